The summed E-state index contributed by atoms with van der Waals surface area (Å²) in [6.45, 7) is 2.66. The third kappa shape index (κ3) is 4.60. The summed E-state index contributed by atoms with van der Waals surface area (Å²) in [5.41, 5.74) is 3.52. The lowest BCUT2D eigenvalue weighted by Gasteiger charge is -2.30. The minimum absolute atomic E-state index is 0.124. The van der Waals surface area contributed by atoms with E-state index >= 15 is 0 Å². The monoisotopic (exact) mass is 547 g/mol. The number of benzene rings is 1. The van der Waals surface area contributed by atoms with Crippen molar-refractivity contribution in [1.29, 1.82) is 0 Å². The van der Waals surface area contributed by atoms with E-state index in [9.17, 15) is 13.2 Å². The van der Waals surface area contributed by atoms with Crippen molar-refractivity contribution in [3.63, 3.8) is 0 Å². The van der Waals surface area contributed by atoms with Gasteiger partial charge >= 0.3 is 0 Å². The van der Waals surface area contributed by atoms with Gasteiger partial charge in [0.2, 0.25) is 10.0 Å². The SMILES string of the molecule is Cc1ccc(S(=O)(=O)N2CCC(c3nc(C(=O)N(C)c4c5c(nn4C)CCCC5)cs3)CC2)cc1Cl. The second-order valence-corrected chi connectivity index (χ2v) is 12.8. The van der Waals surface area contributed by atoms with Crippen LogP contribution in [0.15, 0.2) is 28.5 Å². The summed E-state index contributed by atoms with van der Waals surface area (Å²) in [5, 5.41) is 7.77. The van der Waals surface area contributed by atoms with E-state index in [2.05, 4.69) is 10.1 Å². The molecule has 0 spiro atoms. The number of carbonyl (C=O) groups excluding carboxylic acids is 1. The standard InChI is InChI=1S/C25H30ClN5O3S2/c1-16-8-9-18(14-20(16)26)36(33,34)31-12-10-17(11-13-31)23-27-22(15-35-23)25(32)29(2)24-19-6-4-5-7-21(19)28-30(24)3/h8-9,14-15,17H,4-7,10-13H2,1-3H3. The zero-order chi connectivity index (χ0) is 25.6. The molecular weight excluding hydrogens is 518 g/mol. The van der Waals surface area contributed by atoms with Crippen LogP contribution in [-0.4, -0.2) is 53.5 Å². The van der Waals surface area contributed by atoms with Crippen molar-refractivity contribution in [3.8, 4) is 0 Å². The van der Waals surface area contributed by atoms with Crippen LogP contribution in [0.25, 0.3) is 0 Å². The molecule has 0 bridgehead atoms. The van der Waals surface area contributed by atoms with Gasteiger partial charge in [0.05, 0.1) is 15.6 Å². The van der Waals surface area contributed by atoms with Crippen molar-refractivity contribution in [2.75, 3.05) is 25.0 Å². The second kappa shape index (κ2) is 9.89. The van der Waals surface area contributed by atoms with Crippen molar-refractivity contribution >= 4 is 44.7 Å². The van der Waals surface area contributed by atoms with Crippen LogP contribution in [0.2, 0.25) is 5.02 Å². The van der Waals surface area contributed by atoms with E-state index in [-0.39, 0.29) is 16.7 Å². The molecule has 1 amide bonds. The molecule has 36 heavy (non-hydrogen) atoms. The molecule has 5 rings (SSSR count). The van der Waals surface area contributed by atoms with Crippen molar-refractivity contribution in [2.24, 2.45) is 7.05 Å². The highest BCUT2D eigenvalue weighted by molar-refractivity contribution is 7.89. The number of thiazole rings is 1. The van der Waals surface area contributed by atoms with Crippen LogP contribution < -0.4 is 4.90 Å². The molecule has 0 radical (unpaired) electrons. The van der Waals surface area contributed by atoms with Gasteiger partial charge in [0, 0.05) is 49.1 Å². The van der Waals surface area contributed by atoms with Gasteiger partial charge in [-0.05, 0) is 63.1 Å². The van der Waals surface area contributed by atoms with Crippen molar-refractivity contribution in [2.45, 2.75) is 56.3 Å². The molecule has 0 atom stereocenters. The van der Waals surface area contributed by atoms with Crippen molar-refractivity contribution in [1.82, 2.24) is 19.1 Å². The second-order valence-electron chi connectivity index (χ2n) is 9.60. The van der Waals surface area contributed by atoms with E-state index in [4.69, 9.17) is 11.6 Å². The molecule has 1 saturated heterocycles. The van der Waals surface area contributed by atoms with Gasteiger partial charge < -0.3 is 0 Å². The number of rotatable bonds is 5. The molecule has 1 fully saturated rings. The molecule has 0 saturated carbocycles. The Labute approximate surface area is 220 Å². The number of nitrogens with zero attached hydrogens (tertiary/aromatic N) is 5. The molecule has 3 heterocycles. The number of carbonyl (C=O) groups is 1. The first-order valence-corrected chi connectivity index (χ1v) is 14.9. The van der Waals surface area contributed by atoms with Crippen LogP contribution in [0.5, 0.6) is 0 Å². The number of aryl methyl sites for hydroxylation is 3. The van der Waals surface area contributed by atoms with Crippen LogP contribution in [-0.2, 0) is 29.9 Å². The van der Waals surface area contributed by atoms with Crippen molar-refractivity contribution < 1.29 is 13.2 Å². The predicted molar refractivity (Wildman–Crippen MR) is 142 cm³/mol. The Morgan fingerprint density at radius 3 is 2.64 bits per heavy atom. The zero-order valence-electron chi connectivity index (χ0n) is 20.7. The fourth-order valence-corrected chi connectivity index (χ4v) is 7.86. The fourth-order valence-electron chi connectivity index (χ4n) is 5.15. The molecule has 0 N–H and O–H groups in total. The van der Waals surface area contributed by atoms with Crippen LogP contribution in [0.4, 0.5) is 5.82 Å². The molecule has 1 aliphatic carbocycles. The maximum atomic E-state index is 13.3. The third-order valence-corrected chi connectivity index (χ3v) is 10.5. The number of amides is 1. The summed E-state index contributed by atoms with van der Waals surface area (Å²) < 4.78 is 29.5. The Hall–Kier alpha value is -2.27. The maximum Gasteiger partial charge on any atom is 0.278 e. The summed E-state index contributed by atoms with van der Waals surface area (Å²) in [4.78, 5) is 19.9. The molecular formula is C25H30ClN5O3S2. The summed E-state index contributed by atoms with van der Waals surface area (Å²) in [6.07, 6.45) is 5.46. The minimum Gasteiger partial charge on any atom is -0.294 e. The summed E-state index contributed by atoms with van der Waals surface area (Å²) in [6, 6.07) is 4.86. The summed E-state index contributed by atoms with van der Waals surface area (Å²) in [7, 11) is 0.0704. The molecule has 8 nitrogen and oxygen atoms in total. The zero-order valence-corrected chi connectivity index (χ0v) is 23.1. The van der Waals surface area contributed by atoms with Gasteiger partial charge in [0.25, 0.3) is 5.91 Å². The lowest BCUT2D eigenvalue weighted by Crippen LogP contribution is -2.37. The Morgan fingerprint density at radius 2 is 1.92 bits per heavy atom. The van der Waals surface area contributed by atoms with E-state index in [1.807, 2.05) is 19.4 Å². The van der Waals surface area contributed by atoms with E-state index < -0.39 is 10.0 Å². The van der Waals surface area contributed by atoms with Crippen molar-refractivity contribution in [3.05, 3.63) is 56.1 Å². The van der Waals surface area contributed by atoms with Crippen LogP contribution in [0.3, 0.4) is 0 Å². The number of halogens is 1. The number of sulfonamides is 1. The first-order valence-electron chi connectivity index (χ1n) is 12.2. The predicted octanol–water partition coefficient (Wildman–Crippen LogP) is 4.56. The van der Waals surface area contributed by atoms with Gasteiger partial charge in [-0.2, -0.15) is 9.40 Å². The van der Waals surface area contributed by atoms with Gasteiger partial charge in [-0.25, -0.2) is 13.4 Å². The smallest absolute Gasteiger partial charge is 0.278 e. The highest BCUT2D eigenvalue weighted by Gasteiger charge is 2.32. The Balaban J connectivity index is 1.27. The summed E-state index contributed by atoms with van der Waals surface area (Å²) >= 11 is 7.64. The number of piperidine rings is 1. The number of aromatic nitrogens is 3. The van der Waals surface area contributed by atoms with Gasteiger partial charge in [0.15, 0.2) is 0 Å². The average molecular weight is 548 g/mol. The third-order valence-electron chi connectivity index (χ3n) is 7.23. The van der Waals surface area contributed by atoms with E-state index in [0.717, 1.165) is 47.8 Å². The minimum atomic E-state index is -3.60. The summed E-state index contributed by atoms with van der Waals surface area (Å²) in [5.74, 6) is 0.823. The fraction of sp³-hybridized carbons (Fsp3) is 0.480. The number of hydrogen-bond donors (Lipinski definition) is 0. The lowest BCUT2D eigenvalue weighted by atomic mass is 9.97. The number of anilines is 1. The van der Waals surface area contributed by atoms with Gasteiger partial charge in [-0.15, -0.1) is 11.3 Å². The molecule has 2 aromatic heterocycles. The molecule has 1 aromatic carbocycles. The first-order chi connectivity index (χ1) is 17.2. The maximum absolute atomic E-state index is 13.3. The highest BCUT2D eigenvalue weighted by atomic mass is 35.5. The van der Waals surface area contributed by atoms with E-state index in [1.165, 1.54) is 27.3 Å². The normalized spacial score (nSPS) is 17.2. The molecule has 192 valence electrons. The molecule has 2 aliphatic rings. The van der Waals surface area contributed by atoms with Gasteiger partial charge in [0.1, 0.15) is 11.5 Å². The van der Waals surface area contributed by atoms with Gasteiger partial charge in [-0.3, -0.25) is 14.4 Å². The first kappa shape index (κ1) is 25.4. The van der Waals surface area contributed by atoms with Crippen LogP contribution >= 0.6 is 22.9 Å². The number of hydrogen-bond acceptors (Lipinski definition) is 6. The molecule has 1 aliphatic heterocycles. The van der Waals surface area contributed by atoms with Crippen LogP contribution in [0, 0.1) is 6.92 Å². The molecule has 0 unspecified atom stereocenters. The molecule has 3 aromatic rings. The Bertz CT molecular complexity index is 1410. The average Bonchev–Trinajstić information content (AvgIpc) is 3.49. The highest BCUT2D eigenvalue weighted by Crippen LogP contribution is 2.34. The largest absolute Gasteiger partial charge is 0.294 e. The topological polar surface area (TPSA) is 88.4 Å². The van der Waals surface area contributed by atoms with E-state index in [1.54, 1.807) is 28.8 Å². The Morgan fingerprint density at radius 1 is 1.19 bits per heavy atom. The van der Waals surface area contributed by atoms with Gasteiger partial charge in [-0.1, -0.05) is 17.7 Å². The Kier molecular flexibility index (Phi) is 6.97. The lowest BCUT2D eigenvalue weighted by molar-refractivity contribution is 0.0987. The van der Waals surface area contributed by atoms with Crippen LogP contribution in [0.1, 0.15) is 63.9 Å². The van der Waals surface area contributed by atoms with E-state index in [0.29, 0.717) is 36.6 Å². The number of fused-ring (bicyclic) bond motifs is 1. The quantitative estimate of drug-likeness (QED) is 0.467. The molecule has 11 heteroatoms.